The molecule has 0 saturated heterocycles. The van der Waals surface area contributed by atoms with Gasteiger partial charge in [0.2, 0.25) is 0 Å². The Morgan fingerprint density at radius 1 is 1.16 bits per heavy atom. The van der Waals surface area contributed by atoms with Crippen LogP contribution in [0.3, 0.4) is 0 Å². The number of hydrogen-bond donors (Lipinski definition) is 0. The third kappa shape index (κ3) is 3.18. The van der Waals surface area contributed by atoms with Crippen LogP contribution in [0.5, 0.6) is 0 Å². The van der Waals surface area contributed by atoms with Gasteiger partial charge in [-0.2, -0.15) is 5.10 Å². The summed E-state index contributed by atoms with van der Waals surface area (Å²) >= 11 is 1.69. The Kier molecular flexibility index (Phi) is 4.29. The van der Waals surface area contributed by atoms with E-state index in [1.165, 1.54) is 4.88 Å². The van der Waals surface area contributed by atoms with E-state index in [4.69, 9.17) is 0 Å². The minimum atomic E-state index is 0.320. The van der Waals surface area contributed by atoms with Crippen molar-refractivity contribution < 1.29 is 0 Å². The Morgan fingerprint density at radius 3 is 2.76 bits per heavy atom. The average Bonchev–Trinajstić information content (AvgIpc) is 3.31. The lowest BCUT2D eigenvalue weighted by Gasteiger charge is -2.23. The van der Waals surface area contributed by atoms with Gasteiger partial charge in [-0.25, -0.2) is 9.50 Å². The standard InChI is InChI=1S/C19H19N5S/c1-14(18-10-20-13-25-18)23(2)11-15-8-21-19-17(9-22-24(19)12-15)16-6-4-3-5-7-16/h3-10,12-14H,11H2,1-2H3. The molecule has 0 amide bonds. The molecule has 126 valence electrons. The van der Waals surface area contributed by atoms with Crippen LogP contribution in [0.4, 0.5) is 0 Å². The first kappa shape index (κ1) is 15.9. The molecule has 5 nitrogen and oxygen atoms in total. The zero-order valence-corrected chi connectivity index (χ0v) is 15.0. The largest absolute Gasteiger partial charge is 0.294 e. The van der Waals surface area contributed by atoms with Gasteiger partial charge >= 0.3 is 0 Å². The molecule has 0 bridgehead atoms. The molecule has 4 rings (SSSR count). The van der Waals surface area contributed by atoms with Crippen LogP contribution in [0.2, 0.25) is 0 Å². The lowest BCUT2D eigenvalue weighted by Crippen LogP contribution is -2.21. The molecule has 3 heterocycles. The highest BCUT2D eigenvalue weighted by Gasteiger charge is 2.14. The van der Waals surface area contributed by atoms with Gasteiger partial charge in [-0.1, -0.05) is 30.3 Å². The molecular formula is C19H19N5S. The van der Waals surface area contributed by atoms with Crippen molar-refractivity contribution in [2.45, 2.75) is 19.5 Å². The SMILES string of the molecule is CC(c1cncs1)N(C)Cc1cnc2c(-c3ccccc3)cnn2c1. The van der Waals surface area contributed by atoms with Crippen LogP contribution in [0.1, 0.15) is 23.4 Å². The molecule has 4 aromatic rings. The molecule has 0 aliphatic carbocycles. The second-order valence-corrected chi connectivity index (χ2v) is 7.07. The van der Waals surface area contributed by atoms with Crippen molar-refractivity contribution in [2.24, 2.45) is 0 Å². The predicted molar refractivity (Wildman–Crippen MR) is 100 cm³/mol. The van der Waals surface area contributed by atoms with Gasteiger partial charge < -0.3 is 0 Å². The third-order valence-electron chi connectivity index (χ3n) is 4.45. The van der Waals surface area contributed by atoms with Gasteiger partial charge in [0.05, 0.1) is 11.7 Å². The highest BCUT2D eigenvalue weighted by molar-refractivity contribution is 7.09. The van der Waals surface area contributed by atoms with Crippen molar-refractivity contribution in [2.75, 3.05) is 7.05 Å². The highest BCUT2D eigenvalue weighted by atomic mass is 32.1. The average molecular weight is 349 g/mol. The molecule has 6 heteroatoms. The van der Waals surface area contributed by atoms with Crippen LogP contribution in [0.25, 0.3) is 16.8 Å². The van der Waals surface area contributed by atoms with E-state index in [1.54, 1.807) is 11.3 Å². The van der Waals surface area contributed by atoms with Crippen LogP contribution in [0.15, 0.2) is 60.6 Å². The van der Waals surface area contributed by atoms with Crippen molar-refractivity contribution in [1.82, 2.24) is 24.5 Å². The van der Waals surface area contributed by atoms with Crippen LogP contribution >= 0.6 is 11.3 Å². The summed E-state index contributed by atoms with van der Waals surface area (Å²) in [6.45, 7) is 3.00. The molecule has 1 unspecified atom stereocenters. The van der Waals surface area contributed by atoms with Crippen LogP contribution < -0.4 is 0 Å². The van der Waals surface area contributed by atoms with Gasteiger partial charge in [-0.05, 0) is 19.5 Å². The minimum Gasteiger partial charge on any atom is -0.294 e. The van der Waals surface area contributed by atoms with Crippen molar-refractivity contribution in [3.05, 3.63) is 71.1 Å². The molecule has 1 aromatic carbocycles. The Labute approximate surface area is 150 Å². The maximum absolute atomic E-state index is 4.66. The van der Waals surface area contributed by atoms with Gasteiger partial charge in [0.25, 0.3) is 0 Å². The zero-order chi connectivity index (χ0) is 17.2. The Morgan fingerprint density at radius 2 is 2.00 bits per heavy atom. The lowest BCUT2D eigenvalue weighted by molar-refractivity contribution is 0.255. The molecule has 0 fully saturated rings. The summed E-state index contributed by atoms with van der Waals surface area (Å²) in [5.74, 6) is 0. The second kappa shape index (κ2) is 6.74. The van der Waals surface area contributed by atoms with Crippen LogP contribution in [-0.2, 0) is 6.54 Å². The highest BCUT2D eigenvalue weighted by Crippen LogP contribution is 2.25. The van der Waals surface area contributed by atoms with Gasteiger partial charge in [0, 0.05) is 47.2 Å². The van der Waals surface area contributed by atoms with E-state index in [0.29, 0.717) is 6.04 Å². The number of aromatic nitrogens is 4. The van der Waals surface area contributed by atoms with E-state index < -0.39 is 0 Å². The van der Waals surface area contributed by atoms with E-state index in [1.807, 2.05) is 46.8 Å². The first-order valence-electron chi connectivity index (χ1n) is 8.18. The number of fused-ring (bicyclic) bond motifs is 1. The first-order valence-corrected chi connectivity index (χ1v) is 9.06. The summed E-state index contributed by atoms with van der Waals surface area (Å²) in [5.41, 5.74) is 6.08. The second-order valence-electron chi connectivity index (χ2n) is 6.15. The first-order chi connectivity index (χ1) is 12.2. The maximum atomic E-state index is 4.66. The van der Waals surface area contributed by atoms with Crippen LogP contribution in [-0.4, -0.2) is 31.5 Å². The summed E-state index contributed by atoms with van der Waals surface area (Å²) in [5, 5.41) is 4.49. The Balaban J connectivity index is 1.58. The van der Waals surface area contributed by atoms with Gasteiger partial charge in [-0.3, -0.25) is 9.88 Å². The predicted octanol–water partition coefficient (Wildman–Crippen LogP) is 4.05. The molecular weight excluding hydrogens is 330 g/mol. The van der Waals surface area contributed by atoms with Crippen molar-refractivity contribution in [1.29, 1.82) is 0 Å². The van der Waals surface area contributed by atoms with Crippen molar-refractivity contribution >= 4 is 17.0 Å². The van der Waals surface area contributed by atoms with E-state index >= 15 is 0 Å². The zero-order valence-electron chi connectivity index (χ0n) is 14.2. The Hall–Kier alpha value is -2.57. The monoisotopic (exact) mass is 349 g/mol. The summed E-state index contributed by atoms with van der Waals surface area (Å²) in [7, 11) is 2.12. The quantitative estimate of drug-likeness (QED) is 0.545. The van der Waals surface area contributed by atoms with Gasteiger partial charge in [-0.15, -0.1) is 11.3 Å². The Bertz CT molecular complexity index is 962. The fourth-order valence-corrected chi connectivity index (χ4v) is 3.63. The molecule has 0 N–H and O–H groups in total. The van der Waals surface area contributed by atoms with E-state index in [0.717, 1.165) is 28.9 Å². The van der Waals surface area contributed by atoms with Crippen molar-refractivity contribution in [3.8, 4) is 11.1 Å². The number of thiazole rings is 1. The molecule has 0 radical (unpaired) electrons. The third-order valence-corrected chi connectivity index (χ3v) is 5.40. The van der Waals surface area contributed by atoms with Gasteiger partial charge in [0.1, 0.15) is 0 Å². The molecule has 0 aliphatic heterocycles. The summed E-state index contributed by atoms with van der Waals surface area (Å²) in [4.78, 5) is 12.4. The minimum absolute atomic E-state index is 0.320. The fourth-order valence-electron chi connectivity index (χ4n) is 2.89. The number of rotatable bonds is 5. The van der Waals surface area contributed by atoms with E-state index in [2.05, 4.69) is 52.3 Å². The van der Waals surface area contributed by atoms with Crippen molar-refractivity contribution in [3.63, 3.8) is 0 Å². The smallest absolute Gasteiger partial charge is 0.162 e. The summed E-state index contributed by atoms with van der Waals surface area (Å²) < 4.78 is 1.86. The maximum Gasteiger partial charge on any atom is 0.162 e. The fraction of sp³-hybridized carbons (Fsp3) is 0.211. The van der Waals surface area contributed by atoms with E-state index in [9.17, 15) is 0 Å². The molecule has 1 atom stereocenters. The molecule has 0 aliphatic rings. The number of nitrogens with zero attached hydrogens (tertiary/aromatic N) is 5. The number of benzene rings is 1. The van der Waals surface area contributed by atoms with E-state index in [-0.39, 0.29) is 0 Å². The van der Waals surface area contributed by atoms with Crippen LogP contribution in [0, 0.1) is 0 Å². The molecule has 0 saturated carbocycles. The molecule has 3 aromatic heterocycles. The molecule has 25 heavy (non-hydrogen) atoms. The topological polar surface area (TPSA) is 46.3 Å². The summed E-state index contributed by atoms with van der Waals surface area (Å²) in [6.07, 6.45) is 7.82. The lowest BCUT2D eigenvalue weighted by atomic mass is 10.1. The number of hydrogen-bond acceptors (Lipinski definition) is 5. The van der Waals surface area contributed by atoms with Gasteiger partial charge in [0.15, 0.2) is 5.65 Å². The summed E-state index contributed by atoms with van der Waals surface area (Å²) in [6, 6.07) is 10.6. The normalized spacial score (nSPS) is 12.8. The molecule has 0 spiro atoms.